The van der Waals surface area contributed by atoms with Crippen molar-refractivity contribution in [3.63, 3.8) is 0 Å². The predicted molar refractivity (Wildman–Crippen MR) is 108 cm³/mol. The highest BCUT2D eigenvalue weighted by atomic mass is 16.1. The summed E-state index contributed by atoms with van der Waals surface area (Å²) < 4.78 is 3.76. The predicted octanol–water partition coefficient (Wildman–Crippen LogP) is 4.72. The van der Waals surface area contributed by atoms with Gasteiger partial charge in [0.05, 0.1) is 16.8 Å². The Morgan fingerprint density at radius 2 is 1.81 bits per heavy atom. The van der Waals surface area contributed by atoms with Gasteiger partial charge in [0.1, 0.15) is 5.69 Å². The lowest BCUT2D eigenvalue weighted by atomic mass is 10.0. The van der Waals surface area contributed by atoms with Crippen LogP contribution in [0.3, 0.4) is 0 Å². The molecule has 0 spiro atoms. The molecule has 0 aliphatic carbocycles. The first-order chi connectivity index (χ1) is 13.0. The van der Waals surface area contributed by atoms with Crippen molar-refractivity contribution in [3.05, 3.63) is 78.1 Å². The van der Waals surface area contributed by atoms with E-state index < -0.39 is 0 Å². The number of hydrogen-bond acceptors (Lipinski definition) is 2. The Hall–Kier alpha value is -3.34. The highest BCUT2D eigenvalue weighted by Crippen LogP contribution is 2.26. The van der Waals surface area contributed by atoms with Gasteiger partial charge in [-0.3, -0.25) is 9.48 Å². The lowest BCUT2D eigenvalue weighted by molar-refractivity contribution is 0.102. The van der Waals surface area contributed by atoms with E-state index >= 15 is 0 Å². The number of carbonyl (C=O) groups excluding carboxylic acids is 1. The van der Waals surface area contributed by atoms with Gasteiger partial charge < -0.3 is 9.72 Å². The Labute approximate surface area is 158 Å². The third-order valence-electron chi connectivity index (χ3n) is 4.73. The number of anilines is 1. The summed E-state index contributed by atoms with van der Waals surface area (Å²) in [4.78, 5) is 12.9. The minimum Gasteiger partial charge on any atom is -0.322 e. The van der Waals surface area contributed by atoms with Gasteiger partial charge in [0.25, 0.3) is 5.91 Å². The van der Waals surface area contributed by atoms with Gasteiger partial charge in [-0.25, -0.2) is 0 Å². The molecule has 0 saturated heterocycles. The summed E-state index contributed by atoms with van der Waals surface area (Å²) in [5, 5.41) is 7.49. The first-order valence-corrected chi connectivity index (χ1v) is 9.04. The molecule has 0 atom stereocenters. The van der Waals surface area contributed by atoms with E-state index in [1.54, 1.807) is 4.68 Å². The third kappa shape index (κ3) is 3.24. The molecular formula is C22H22N4O. The van der Waals surface area contributed by atoms with Crippen molar-refractivity contribution < 1.29 is 4.79 Å². The maximum Gasteiger partial charge on any atom is 0.257 e. The van der Waals surface area contributed by atoms with Crippen LogP contribution in [-0.4, -0.2) is 20.1 Å². The smallest absolute Gasteiger partial charge is 0.257 e. The first kappa shape index (κ1) is 17.1. The molecule has 0 radical (unpaired) electrons. The summed E-state index contributed by atoms with van der Waals surface area (Å²) in [6.45, 7) is 4.31. The third-order valence-corrected chi connectivity index (χ3v) is 4.73. The Balaban J connectivity index is 1.70. The van der Waals surface area contributed by atoms with Crippen molar-refractivity contribution >= 4 is 17.1 Å². The molecule has 3 aromatic heterocycles. The van der Waals surface area contributed by atoms with E-state index in [1.807, 2.05) is 66.3 Å². The molecule has 0 aliphatic rings. The van der Waals surface area contributed by atoms with Crippen molar-refractivity contribution in [2.45, 2.75) is 19.8 Å². The van der Waals surface area contributed by atoms with Crippen molar-refractivity contribution in [1.29, 1.82) is 0 Å². The molecule has 5 nitrogen and oxygen atoms in total. The fraction of sp³-hybridized carbons (Fsp3) is 0.182. The molecular weight excluding hydrogens is 336 g/mol. The molecule has 0 unspecified atom stereocenters. The molecule has 1 N–H and O–H groups in total. The van der Waals surface area contributed by atoms with E-state index in [-0.39, 0.29) is 5.91 Å². The fourth-order valence-corrected chi connectivity index (χ4v) is 3.23. The molecule has 136 valence electrons. The van der Waals surface area contributed by atoms with Crippen LogP contribution in [0, 0.1) is 0 Å². The number of aryl methyl sites for hydroxylation is 1. The van der Waals surface area contributed by atoms with E-state index in [4.69, 9.17) is 0 Å². The summed E-state index contributed by atoms with van der Waals surface area (Å²) in [7, 11) is 1.88. The highest BCUT2D eigenvalue weighted by molar-refractivity contribution is 6.10. The number of fused-ring (bicyclic) bond motifs is 1. The summed E-state index contributed by atoms with van der Waals surface area (Å²) in [6.07, 6.45) is 3.85. The second-order valence-corrected chi connectivity index (χ2v) is 7.00. The minimum absolute atomic E-state index is 0.127. The Bertz CT molecular complexity index is 1100. The Kier molecular flexibility index (Phi) is 4.28. The van der Waals surface area contributed by atoms with Crippen molar-refractivity contribution in [1.82, 2.24) is 14.2 Å². The quantitative estimate of drug-likeness (QED) is 0.574. The van der Waals surface area contributed by atoms with Gasteiger partial charge >= 0.3 is 0 Å². The van der Waals surface area contributed by atoms with E-state index in [2.05, 4.69) is 36.4 Å². The number of nitrogens with one attached hydrogen (secondary N) is 1. The zero-order chi connectivity index (χ0) is 19.0. The number of amides is 1. The van der Waals surface area contributed by atoms with Crippen LogP contribution in [0.15, 0.2) is 67.0 Å². The van der Waals surface area contributed by atoms with Crippen LogP contribution in [0.5, 0.6) is 0 Å². The van der Waals surface area contributed by atoms with E-state index in [0.29, 0.717) is 11.5 Å². The summed E-state index contributed by atoms with van der Waals surface area (Å²) in [6, 6.07) is 17.7. The standard InChI is InChI=1S/C22H22N4O/c1-15(2)16-7-9-17(10-8-16)23-22(27)18-14-21(19-11-13-25(3)24-19)26-12-5-4-6-20(18)26/h4-15H,1-3H3,(H,23,27). The maximum absolute atomic E-state index is 12.9. The molecule has 5 heteroatoms. The van der Waals surface area contributed by atoms with Gasteiger partial charge in [0.2, 0.25) is 0 Å². The Morgan fingerprint density at radius 3 is 2.48 bits per heavy atom. The van der Waals surface area contributed by atoms with E-state index in [9.17, 15) is 4.79 Å². The largest absolute Gasteiger partial charge is 0.322 e. The number of aromatic nitrogens is 3. The number of hydrogen-bond donors (Lipinski definition) is 1. The number of nitrogens with zero attached hydrogens (tertiary/aromatic N) is 3. The van der Waals surface area contributed by atoms with Crippen molar-refractivity contribution in [3.8, 4) is 11.4 Å². The van der Waals surface area contributed by atoms with Gasteiger partial charge in [-0.15, -0.1) is 0 Å². The number of pyridine rings is 1. The Morgan fingerprint density at radius 1 is 1.04 bits per heavy atom. The second-order valence-electron chi connectivity index (χ2n) is 7.00. The highest BCUT2D eigenvalue weighted by Gasteiger charge is 2.17. The van der Waals surface area contributed by atoms with Gasteiger partial charge in [-0.05, 0) is 47.9 Å². The number of rotatable bonds is 4. The van der Waals surface area contributed by atoms with Crippen molar-refractivity contribution in [2.75, 3.05) is 5.32 Å². The lowest BCUT2D eigenvalue weighted by Crippen LogP contribution is -2.11. The van der Waals surface area contributed by atoms with Crippen LogP contribution in [0.1, 0.15) is 35.7 Å². The average Bonchev–Trinajstić information content (AvgIpc) is 3.25. The average molecular weight is 358 g/mol. The van der Waals surface area contributed by atoms with Crippen LogP contribution in [0.2, 0.25) is 0 Å². The fourth-order valence-electron chi connectivity index (χ4n) is 3.23. The van der Waals surface area contributed by atoms with Crippen LogP contribution in [-0.2, 0) is 7.05 Å². The molecule has 0 saturated carbocycles. The summed E-state index contributed by atoms with van der Waals surface area (Å²) >= 11 is 0. The topological polar surface area (TPSA) is 51.3 Å². The summed E-state index contributed by atoms with van der Waals surface area (Å²) in [5.74, 6) is 0.337. The lowest BCUT2D eigenvalue weighted by Gasteiger charge is -2.08. The second kappa shape index (κ2) is 6.76. The monoisotopic (exact) mass is 358 g/mol. The zero-order valence-electron chi connectivity index (χ0n) is 15.7. The first-order valence-electron chi connectivity index (χ1n) is 9.04. The molecule has 0 bridgehead atoms. The SMILES string of the molecule is CC(C)c1ccc(NC(=O)c2cc(-c3ccn(C)n3)n3ccccc23)cc1. The molecule has 0 aliphatic heterocycles. The molecule has 27 heavy (non-hydrogen) atoms. The van der Waals surface area contributed by atoms with E-state index in [0.717, 1.165) is 22.6 Å². The molecule has 4 rings (SSSR count). The minimum atomic E-state index is -0.127. The summed E-state index contributed by atoms with van der Waals surface area (Å²) in [5.41, 5.74) is 5.25. The van der Waals surface area contributed by atoms with Crippen LogP contribution in [0.25, 0.3) is 16.9 Å². The van der Waals surface area contributed by atoms with E-state index in [1.165, 1.54) is 5.56 Å². The zero-order valence-corrected chi connectivity index (χ0v) is 15.7. The molecule has 3 heterocycles. The normalized spacial score (nSPS) is 11.3. The van der Waals surface area contributed by atoms with Gasteiger partial charge in [-0.1, -0.05) is 32.0 Å². The molecule has 4 aromatic rings. The molecule has 1 aromatic carbocycles. The number of benzene rings is 1. The number of carbonyl (C=O) groups is 1. The van der Waals surface area contributed by atoms with Gasteiger partial charge in [-0.2, -0.15) is 5.10 Å². The van der Waals surface area contributed by atoms with Gasteiger partial charge in [0.15, 0.2) is 0 Å². The van der Waals surface area contributed by atoms with Crippen molar-refractivity contribution in [2.24, 2.45) is 7.05 Å². The maximum atomic E-state index is 12.9. The van der Waals surface area contributed by atoms with Crippen LogP contribution >= 0.6 is 0 Å². The van der Waals surface area contributed by atoms with Crippen LogP contribution < -0.4 is 5.32 Å². The molecule has 1 amide bonds. The molecule has 0 fully saturated rings. The van der Waals surface area contributed by atoms with Gasteiger partial charge in [0, 0.05) is 25.1 Å². The van der Waals surface area contributed by atoms with Crippen LogP contribution in [0.4, 0.5) is 5.69 Å².